The number of fused-ring (bicyclic) bond motifs is 1. The molecule has 2 rings (SSSR count). The first-order valence-corrected chi connectivity index (χ1v) is 5.28. The lowest BCUT2D eigenvalue weighted by Crippen LogP contribution is -2.28. The largest absolute Gasteiger partial charge is 0.486 e. The Bertz CT molecular complexity index is 296. The fraction of sp³-hybridized carbons (Fsp3) is 0.500. The van der Waals surface area contributed by atoms with Crippen LogP contribution in [0.3, 0.4) is 0 Å². The van der Waals surface area contributed by atoms with Crippen LogP contribution in [0, 0.1) is 0 Å². The number of ether oxygens (including phenoxy) is 2. The zero-order chi connectivity index (χ0) is 9.80. The van der Waals surface area contributed by atoms with Crippen molar-refractivity contribution in [3.63, 3.8) is 0 Å². The van der Waals surface area contributed by atoms with Crippen molar-refractivity contribution >= 4 is 0 Å². The predicted octanol–water partition coefficient (Wildman–Crippen LogP) is 3.02. The molecule has 0 N–H and O–H groups in total. The van der Waals surface area contributed by atoms with Gasteiger partial charge in [-0.1, -0.05) is 25.5 Å². The lowest BCUT2D eigenvalue weighted by Gasteiger charge is -2.26. The van der Waals surface area contributed by atoms with Crippen LogP contribution in [-0.2, 0) is 0 Å². The van der Waals surface area contributed by atoms with Gasteiger partial charge in [-0.3, -0.25) is 0 Å². The van der Waals surface area contributed by atoms with Crippen molar-refractivity contribution in [3.05, 3.63) is 24.3 Å². The molecule has 0 saturated carbocycles. The van der Waals surface area contributed by atoms with Gasteiger partial charge in [0.25, 0.3) is 0 Å². The summed E-state index contributed by atoms with van der Waals surface area (Å²) in [6.07, 6.45) is 3.74. The van der Waals surface area contributed by atoms with Crippen LogP contribution in [0.5, 0.6) is 11.5 Å². The van der Waals surface area contributed by atoms with Crippen molar-refractivity contribution in [1.29, 1.82) is 0 Å². The van der Waals surface area contributed by atoms with Crippen LogP contribution < -0.4 is 9.47 Å². The molecular formula is C12H16O2. The van der Waals surface area contributed by atoms with Gasteiger partial charge in [-0.15, -0.1) is 0 Å². The van der Waals surface area contributed by atoms with Crippen molar-refractivity contribution in [3.8, 4) is 11.5 Å². The third kappa shape index (κ3) is 2.00. The Morgan fingerprint density at radius 3 is 2.86 bits per heavy atom. The van der Waals surface area contributed by atoms with Gasteiger partial charge in [0.15, 0.2) is 11.5 Å². The lowest BCUT2D eigenvalue weighted by atomic mass is 10.1. The van der Waals surface area contributed by atoms with Crippen molar-refractivity contribution in [2.24, 2.45) is 0 Å². The highest BCUT2D eigenvalue weighted by Gasteiger charge is 2.19. The van der Waals surface area contributed by atoms with Gasteiger partial charge in [-0.25, -0.2) is 0 Å². The number of hydrogen-bond acceptors (Lipinski definition) is 2. The Morgan fingerprint density at radius 1 is 1.29 bits per heavy atom. The molecule has 76 valence electrons. The lowest BCUT2D eigenvalue weighted by molar-refractivity contribution is 0.0832. The van der Waals surface area contributed by atoms with Crippen LogP contribution in [0.2, 0.25) is 0 Å². The summed E-state index contributed by atoms with van der Waals surface area (Å²) in [7, 11) is 0. The zero-order valence-electron chi connectivity index (χ0n) is 8.53. The molecule has 14 heavy (non-hydrogen) atoms. The van der Waals surface area contributed by atoms with E-state index in [1.807, 2.05) is 24.3 Å². The van der Waals surface area contributed by atoms with E-state index in [9.17, 15) is 0 Å². The number of para-hydroxylation sites is 2. The molecule has 0 bridgehead atoms. The highest BCUT2D eigenvalue weighted by Crippen LogP contribution is 2.31. The second-order valence-corrected chi connectivity index (χ2v) is 3.64. The van der Waals surface area contributed by atoms with Crippen LogP contribution in [-0.4, -0.2) is 12.7 Å². The molecule has 1 aromatic carbocycles. The van der Waals surface area contributed by atoms with Gasteiger partial charge in [0, 0.05) is 0 Å². The molecule has 1 atom stereocenters. The summed E-state index contributed by atoms with van der Waals surface area (Å²) in [5.41, 5.74) is 0. The molecule has 0 radical (unpaired) electrons. The summed E-state index contributed by atoms with van der Waals surface area (Å²) in [4.78, 5) is 0. The minimum Gasteiger partial charge on any atom is -0.486 e. The number of hydrogen-bond donors (Lipinski definition) is 0. The third-order valence-corrected chi connectivity index (χ3v) is 2.45. The van der Waals surface area contributed by atoms with E-state index in [1.165, 1.54) is 12.8 Å². The van der Waals surface area contributed by atoms with Gasteiger partial charge in [0.2, 0.25) is 0 Å². The van der Waals surface area contributed by atoms with Gasteiger partial charge < -0.3 is 9.47 Å². The molecule has 1 aliphatic rings. The summed E-state index contributed by atoms with van der Waals surface area (Å²) < 4.78 is 11.4. The minimum absolute atomic E-state index is 0.241. The van der Waals surface area contributed by atoms with E-state index in [2.05, 4.69) is 6.92 Å². The molecule has 1 heterocycles. The Labute approximate surface area is 84.8 Å². The fourth-order valence-corrected chi connectivity index (χ4v) is 1.64. The number of rotatable bonds is 3. The fourth-order valence-electron chi connectivity index (χ4n) is 1.64. The second kappa shape index (κ2) is 4.36. The third-order valence-electron chi connectivity index (χ3n) is 2.45. The van der Waals surface area contributed by atoms with E-state index in [0.29, 0.717) is 6.61 Å². The maximum absolute atomic E-state index is 5.81. The normalized spacial score (nSPS) is 19.4. The van der Waals surface area contributed by atoms with Crippen LogP contribution in [0.15, 0.2) is 24.3 Å². The Kier molecular flexibility index (Phi) is 2.92. The quantitative estimate of drug-likeness (QED) is 0.733. The predicted molar refractivity (Wildman–Crippen MR) is 55.9 cm³/mol. The smallest absolute Gasteiger partial charge is 0.161 e. The summed E-state index contributed by atoms with van der Waals surface area (Å²) in [6, 6.07) is 7.86. The topological polar surface area (TPSA) is 18.5 Å². The molecule has 2 heteroatoms. The molecule has 0 aromatic heterocycles. The van der Waals surface area contributed by atoms with Gasteiger partial charge in [0.1, 0.15) is 12.7 Å². The Balaban J connectivity index is 1.99. The minimum atomic E-state index is 0.241. The van der Waals surface area contributed by atoms with Gasteiger partial charge in [0.05, 0.1) is 0 Å². The molecule has 1 aromatic rings. The van der Waals surface area contributed by atoms with E-state index < -0.39 is 0 Å². The summed E-state index contributed by atoms with van der Waals surface area (Å²) in [5, 5.41) is 0. The number of benzene rings is 1. The molecule has 0 saturated heterocycles. The summed E-state index contributed by atoms with van der Waals surface area (Å²) >= 11 is 0. The molecule has 2 nitrogen and oxygen atoms in total. The van der Waals surface area contributed by atoms with Crippen LogP contribution in [0.1, 0.15) is 26.2 Å². The first-order chi connectivity index (χ1) is 6.90. The molecule has 0 aliphatic carbocycles. The van der Waals surface area contributed by atoms with Crippen LogP contribution >= 0.6 is 0 Å². The highest BCUT2D eigenvalue weighted by atomic mass is 16.6. The first-order valence-electron chi connectivity index (χ1n) is 5.28. The highest BCUT2D eigenvalue weighted by molar-refractivity contribution is 5.40. The second-order valence-electron chi connectivity index (χ2n) is 3.64. The standard InChI is InChI=1S/C12H16O2/c1-2-3-6-10-9-13-11-7-4-5-8-12(11)14-10/h4-5,7-8,10H,2-3,6,9H2,1H3/t10-/m0/s1. The Morgan fingerprint density at radius 2 is 2.07 bits per heavy atom. The van der Waals surface area contributed by atoms with E-state index in [1.54, 1.807) is 0 Å². The average Bonchev–Trinajstić information content (AvgIpc) is 2.26. The first kappa shape index (κ1) is 9.38. The SMILES string of the molecule is CCCC[C@H]1COc2ccccc2O1. The van der Waals surface area contributed by atoms with Gasteiger partial charge >= 0.3 is 0 Å². The van der Waals surface area contributed by atoms with Crippen molar-refractivity contribution in [1.82, 2.24) is 0 Å². The van der Waals surface area contributed by atoms with E-state index in [0.717, 1.165) is 17.9 Å². The molecule has 0 fully saturated rings. The summed E-state index contributed by atoms with van der Waals surface area (Å²) in [6.45, 7) is 2.88. The zero-order valence-corrected chi connectivity index (χ0v) is 8.53. The average molecular weight is 192 g/mol. The monoisotopic (exact) mass is 192 g/mol. The maximum atomic E-state index is 5.81. The number of unbranched alkanes of at least 4 members (excludes halogenated alkanes) is 1. The maximum Gasteiger partial charge on any atom is 0.161 e. The molecule has 0 unspecified atom stereocenters. The van der Waals surface area contributed by atoms with Gasteiger partial charge in [-0.2, -0.15) is 0 Å². The summed E-state index contributed by atoms with van der Waals surface area (Å²) in [5.74, 6) is 1.76. The molecule has 0 spiro atoms. The van der Waals surface area contributed by atoms with Crippen LogP contribution in [0.25, 0.3) is 0 Å². The van der Waals surface area contributed by atoms with E-state index >= 15 is 0 Å². The van der Waals surface area contributed by atoms with E-state index in [4.69, 9.17) is 9.47 Å². The van der Waals surface area contributed by atoms with Crippen LogP contribution in [0.4, 0.5) is 0 Å². The van der Waals surface area contributed by atoms with Gasteiger partial charge in [-0.05, 0) is 25.0 Å². The Hall–Kier alpha value is -1.18. The molecular weight excluding hydrogens is 176 g/mol. The van der Waals surface area contributed by atoms with Crippen molar-refractivity contribution < 1.29 is 9.47 Å². The van der Waals surface area contributed by atoms with Crippen molar-refractivity contribution in [2.75, 3.05) is 6.61 Å². The molecule has 0 amide bonds. The van der Waals surface area contributed by atoms with Crippen molar-refractivity contribution in [2.45, 2.75) is 32.3 Å². The molecule has 1 aliphatic heterocycles. The van der Waals surface area contributed by atoms with E-state index in [-0.39, 0.29) is 6.10 Å².